The molecule has 82 valence electrons. The van der Waals surface area contributed by atoms with Crippen LogP contribution in [-0.4, -0.2) is 6.29 Å². The minimum absolute atomic E-state index is 0.0524. The Bertz CT molecular complexity index is 556. The smallest absolute Gasteiger partial charge is 0.134 e. The number of benzene rings is 1. The summed E-state index contributed by atoms with van der Waals surface area (Å²) in [6, 6.07) is 4.54. The summed E-state index contributed by atoms with van der Waals surface area (Å²) in [6.45, 7) is 0. The third kappa shape index (κ3) is 1.35. The fourth-order valence-corrected chi connectivity index (χ4v) is 2.39. The fraction of sp³-hybridized carbons (Fsp3) is 0.308. The van der Waals surface area contributed by atoms with Crippen molar-refractivity contribution in [3.05, 3.63) is 35.3 Å². The molecule has 2 nitrogen and oxygen atoms in total. The number of aldehydes is 1. The molecule has 16 heavy (non-hydrogen) atoms. The summed E-state index contributed by atoms with van der Waals surface area (Å²) in [6.07, 6.45) is 3.27. The van der Waals surface area contributed by atoms with Gasteiger partial charge in [0.05, 0.1) is 0 Å². The predicted octanol–water partition coefficient (Wildman–Crippen LogP) is 2.88. The fourth-order valence-electron chi connectivity index (χ4n) is 2.39. The van der Waals surface area contributed by atoms with Crippen LogP contribution in [0.1, 0.15) is 17.7 Å². The van der Waals surface area contributed by atoms with E-state index in [1.807, 2.05) is 0 Å². The predicted molar refractivity (Wildman–Crippen MR) is 57.8 cm³/mol. The molecule has 1 heterocycles. The van der Waals surface area contributed by atoms with Crippen LogP contribution in [0.4, 0.5) is 4.39 Å². The van der Waals surface area contributed by atoms with E-state index in [1.54, 1.807) is 6.07 Å². The molecule has 0 saturated heterocycles. The molecule has 1 aromatic heterocycles. The quantitative estimate of drug-likeness (QED) is 0.689. The van der Waals surface area contributed by atoms with E-state index in [9.17, 15) is 9.18 Å². The maximum absolute atomic E-state index is 13.2. The first kappa shape index (κ1) is 9.58. The van der Waals surface area contributed by atoms with Crippen molar-refractivity contribution >= 4 is 17.3 Å². The molecule has 1 atom stereocenters. The number of furan rings is 1. The molecule has 0 fully saturated rings. The topological polar surface area (TPSA) is 30.2 Å². The second-order valence-electron chi connectivity index (χ2n) is 4.28. The molecule has 1 aromatic carbocycles. The van der Waals surface area contributed by atoms with Crippen LogP contribution >= 0.6 is 0 Å². The van der Waals surface area contributed by atoms with Gasteiger partial charge in [-0.3, -0.25) is 0 Å². The SMILES string of the molecule is O=CC1CCc2oc3ccc(F)cc3c2C1. The standard InChI is InChI=1S/C13H11FO2/c14-9-2-4-13-11(6-9)10-5-8(7-15)1-3-12(10)16-13/h2,4,6-8H,1,3,5H2. The maximum atomic E-state index is 13.2. The van der Waals surface area contributed by atoms with Crippen LogP contribution in [0.15, 0.2) is 22.6 Å². The van der Waals surface area contributed by atoms with E-state index >= 15 is 0 Å². The molecule has 2 aromatic rings. The average Bonchev–Trinajstić information content (AvgIpc) is 2.66. The summed E-state index contributed by atoms with van der Waals surface area (Å²) in [5.41, 5.74) is 1.73. The van der Waals surface area contributed by atoms with Crippen molar-refractivity contribution < 1.29 is 13.6 Å². The highest BCUT2D eigenvalue weighted by Crippen LogP contribution is 2.33. The number of hydrogen-bond acceptors (Lipinski definition) is 2. The molecule has 0 amide bonds. The van der Waals surface area contributed by atoms with Crippen molar-refractivity contribution in [2.45, 2.75) is 19.3 Å². The minimum atomic E-state index is -0.260. The number of halogens is 1. The lowest BCUT2D eigenvalue weighted by Gasteiger charge is -2.15. The molecule has 1 aliphatic rings. The number of fused-ring (bicyclic) bond motifs is 3. The number of carbonyl (C=O) groups is 1. The van der Waals surface area contributed by atoms with Gasteiger partial charge < -0.3 is 9.21 Å². The molecule has 0 aliphatic heterocycles. The highest BCUT2D eigenvalue weighted by molar-refractivity contribution is 5.83. The van der Waals surface area contributed by atoms with Gasteiger partial charge in [-0.15, -0.1) is 0 Å². The number of carbonyl (C=O) groups excluding carboxylic acids is 1. The Hall–Kier alpha value is -1.64. The van der Waals surface area contributed by atoms with E-state index in [0.29, 0.717) is 6.42 Å². The Morgan fingerprint density at radius 1 is 1.44 bits per heavy atom. The van der Waals surface area contributed by atoms with Gasteiger partial charge >= 0.3 is 0 Å². The molecule has 1 unspecified atom stereocenters. The summed E-state index contributed by atoms with van der Waals surface area (Å²) in [5.74, 6) is 0.708. The van der Waals surface area contributed by atoms with Gasteiger partial charge in [-0.25, -0.2) is 4.39 Å². The Morgan fingerprint density at radius 2 is 2.31 bits per heavy atom. The molecule has 0 bridgehead atoms. The van der Waals surface area contributed by atoms with Crippen LogP contribution < -0.4 is 0 Å². The number of aryl methyl sites for hydroxylation is 1. The largest absolute Gasteiger partial charge is 0.461 e. The lowest BCUT2D eigenvalue weighted by Crippen LogP contribution is -2.13. The van der Waals surface area contributed by atoms with Gasteiger partial charge in [0.15, 0.2) is 0 Å². The van der Waals surface area contributed by atoms with Gasteiger partial charge in [0, 0.05) is 23.3 Å². The van der Waals surface area contributed by atoms with Crippen molar-refractivity contribution in [3.63, 3.8) is 0 Å². The highest BCUT2D eigenvalue weighted by atomic mass is 19.1. The number of hydrogen-bond donors (Lipinski definition) is 0. The molecule has 3 heteroatoms. The van der Waals surface area contributed by atoms with E-state index in [2.05, 4.69) is 0 Å². The van der Waals surface area contributed by atoms with Crippen molar-refractivity contribution in [1.29, 1.82) is 0 Å². The summed E-state index contributed by atoms with van der Waals surface area (Å²) < 4.78 is 18.8. The molecule has 0 N–H and O–H groups in total. The molecule has 0 spiro atoms. The van der Waals surface area contributed by atoms with E-state index in [0.717, 1.165) is 41.4 Å². The molecule has 0 saturated carbocycles. The Kier molecular flexibility index (Phi) is 2.06. The molecule has 3 rings (SSSR count). The van der Waals surface area contributed by atoms with E-state index in [-0.39, 0.29) is 11.7 Å². The first-order valence-corrected chi connectivity index (χ1v) is 5.43. The summed E-state index contributed by atoms with van der Waals surface area (Å²) in [4.78, 5) is 10.8. The summed E-state index contributed by atoms with van der Waals surface area (Å²) in [7, 11) is 0. The monoisotopic (exact) mass is 218 g/mol. The normalized spacial score (nSPS) is 19.7. The Morgan fingerprint density at radius 3 is 3.12 bits per heavy atom. The van der Waals surface area contributed by atoms with Crippen LogP contribution in [0, 0.1) is 11.7 Å². The van der Waals surface area contributed by atoms with Crippen LogP contribution in [0.3, 0.4) is 0 Å². The van der Waals surface area contributed by atoms with Crippen LogP contribution in [-0.2, 0) is 17.6 Å². The van der Waals surface area contributed by atoms with Crippen molar-refractivity contribution in [2.75, 3.05) is 0 Å². The van der Waals surface area contributed by atoms with Crippen molar-refractivity contribution in [3.8, 4) is 0 Å². The van der Waals surface area contributed by atoms with Gasteiger partial charge in [-0.05, 0) is 31.0 Å². The Labute approximate surface area is 92.1 Å². The van der Waals surface area contributed by atoms with Crippen LogP contribution in [0.25, 0.3) is 11.0 Å². The van der Waals surface area contributed by atoms with Gasteiger partial charge in [0.1, 0.15) is 23.4 Å². The van der Waals surface area contributed by atoms with Crippen molar-refractivity contribution in [1.82, 2.24) is 0 Å². The van der Waals surface area contributed by atoms with E-state index < -0.39 is 0 Å². The van der Waals surface area contributed by atoms with E-state index in [4.69, 9.17) is 4.42 Å². The number of rotatable bonds is 1. The Balaban J connectivity index is 2.19. The van der Waals surface area contributed by atoms with Crippen molar-refractivity contribution in [2.24, 2.45) is 5.92 Å². The maximum Gasteiger partial charge on any atom is 0.134 e. The van der Waals surface area contributed by atoms with Gasteiger partial charge in [-0.1, -0.05) is 0 Å². The first-order valence-electron chi connectivity index (χ1n) is 5.43. The third-order valence-corrected chi connectivity index (χ3v) is 3.24. The lowest BCUT2D eigenvalue weighted by atomic mass is 9.88. The lowest BCUT2D eigenvalue weighted by molar-refractivity contribution is -0.111. The van der Waals surface area contributed by atoms with Gasteiger partial charge in [0.2, 0.25) is 0 Å². The molecule has 0 radical (unpaired) electrons. The third-order valence-electron chi connectivity index (χ3n) is 3.24. The van der Waals surface area contributed by atoms with E-state index in [1.165, 1.54) is 12.1 Å². The first-order chi connectivity index (χ1) is 7.78. The summed E-state index contributed by atoms with van der Waals surface area (Å²) >= 11 is 0. The molecular formula is C13H11FO2. The molecular weight excluding hydrogens is 207 g/mol. The van der Waals surface area contributed by atoms with Gasteiger partial charge in [0.25, 0.3) is 0 Å². The zero-order valence-corrected chi connectivity index (χ0v) is 8.70. The zero-order valence-electron chi connectivity index (χ0n) is 8.70. The second kappa shape index (κ2) is 3.44. The molecule has 1 aliphatic carbocycles. The average molecular weight is 218 g/mol. The summed E-state index contributed by atoms with van der Waals surface area (Å²) in [5, 5.41) is 0.821. The van der Waals surface area contributed by atoms with Crippen LogP contribution in [0.2, 0.25) is 0 Å². The van der Waals surface area contributed by atoms with Gasteiger partial charge in [-0.2, -0.15) is 0 Å². The minimum Gasteiger partial charge on any atom is -0.461 e. The second-order valence-corrected chi connectivity index (χ2v) is 4.28. The highest BCUT2D eigenvalue weighted by Gasteiger charge is 2.23. The zero-order chi connectivity index (χ0) is 11.1. The van der Waals surface area contributed by atoms with Crippen LogP contribution in [0.5, 0.6) is 0 Å².